The van der Waals surface area contributed by atoms with Gasteiger partial charge in [-0.2, -0.15) is 0 Å². The monoisotopic (exact) mass is 256 g/mol. The summed E-state index contributed by atoms with van der Waals surface area (Å²) in [5, 5.41) is 3.19. The number of ether oxygens (including phenoxy) is 1. The van der Waals surface area contributed by atoms with Crippen LogP contribution in [0.2, 0.25) is 0 Å². The molecule has 0 aliphatic heterocycles. The second-order valence-electron chi connectivity index (χ2n) is 4.21. The summed E-state index contributed by atoms with van der Waals surface area (Å²) in [6, 6.07) is 13.3. The van der Waals surface area contributed by atoms with E-state index in [1.807, 2.05) is 49.4 Å². The number of rotatable bonds is 4. The van der Waals surface area contributed by atoms with Crippen LogP contribution in [0.25, 0.3) is 0 Å². The molecule has 0 unspecified atom stereocenters. The van der Waals surface area contributed by atoms with Gasteiger partial charge in [0.05, 0.1) is 13.0 Å². The molecule has 1 aromatic heterocycles. The van der Waals surface area contributed by atoms with Crippen LogP contribution in [-0.4, -0.2) is 18.1 Å². The van der Waals surface area contributed by atoms with Gasteiger partial charge in [0.2, 0.25) is 0 Å². The highest BCUT2D eigenvalue weighted by Crippen LogP contribution is 2.22. The highest BCUT2D eigenvalue weighted by atomic mass is 16.5. The van der Waals surface area contributed by atoms with Gasteiger partial charge < -0.3 is 10.1 Å². The second kappa shape index (κ2) is 6.00. The summed E-state index contributed by atoms with van der Waals surface area (Å²) < 4.78 is 4.75. The van der Waals surface area contributed by atoms with Gasteiger partial charge in [-0.3, -0.25) is 4.79 Å². The van der Waals surface area contributed by atoms with E-state index >= 15 is 0 Å². The number of pyridine rings is 1. The lowest BCUT2D eigenvalue weighted by atomic mass is 10.0. The maximum absolute atomic E-state index is 11.5. The summed E-state index contributed by atoms with van der Waals surface area (Å²) in [5.41, 5.74) is 1.81. The molecule has 19 heavy (non-hydrogen) atoms. The minimum Gasteiger partial charge on any atom is -0.469 e. The van der Waals surface area contributed by atoms with Gasteiger partial charge >= 0.3 is 5.97 Å². The fourth-order valence-electron chi connectivity index (χ4n) is 1.78. The molecular formula is C15H16N2O2. The first-order chi connectivity index (χ1) is 9.20. The second-order valence-corrected chi connectivity index (χ2v) is 4.21. The van der Waals surface area contributed by atoms with Gasteiger partial charge in [0, 0.05) is 11.9 Å². The van der Waals surface area contributed by atoms with Gasteiger partial charge in [0.15, 0.2) is 0 Å². The molecule has 1 N–H and O–H groups in total. The number of carbonyl (C=O) groups excluding carboxylic acids is 1. The molecule has 0 amide bonds. The number of nitrogens with one attached hydrogen (secondary N) is 1. The van der Waals surface area contributed by atoms with Crippen LogP contribution >= 0.6 is 0 Å². The van der Waals surface area contributed by atoms with Crippen LogP contribution in [0.3, 0.4) is 0 Å². The Hall–Kier alpha value is -2.36. The smallest absolute Gasteiger partial charge is 0.312 e. The lowest BCUT2D eigenvalue weighted by Gasteiger charge is -2.11. The van der Waals surface area contributed by atoms with Crippen molar-refractivity contribution < 1.29 is 9.53 Å². The van der Waals surface area contributed by atoms with Crippen molar-refractivity contribution in [3.05, 3.63) is 54.2 Å². The average Bonchev–Trinajstić information content (AvgIpc) is 2.47. The lowest BCUT2D eigenvalue weighted by Crippen LogP contribution is -2.10. The molecule has 1 aromatic carbocycles. The molecule has 0 aliphatic rings. The predicted molar refractivity (Wildman–Crippen MR) is 74.4 cm³/mol. The number of esters is 1. The molecule has 1 atom stereocenters. The highest BCUT2D eigenvalue weighted by Gasteiger charge is 2.15. The van der Waals surface area contributed by atoms with Gasteiger partial charge in [-0.25, -0.2) is 4.98 Å². The number of aromatic nitrogens is 1. The molecule has 4 nitrogen and oxygen atoms in total. The molecule has 2 rings (SSSR count). The third kappa shape index (κ3) is 3.31. The third-order valence-corrected chi connectivity index (χ3v) is 2.88. The van der Waals surface area contributed by atoms with Crippen molar-refractivity contribution in [2.75, 3.05) is 12.4 Å². The fourth-order valence-corrected chi connectivity index (χ4v) is 1.78. The molecule has 0 fully saturated rings. The van der Waals surface area contributed by atoms with E-state index in [0.29, 0.717) is 0 Å². The maximum Gasteiger partial charge on any atom is 0.312 e. The number of anilines is 2. The van der Waals surface area contributed by atoms with E-state index in [4.69, 9.17) is 4.74 Å². The van der Waals surface area contributed by atoms with Gasteiger partial charge in [-0.1, -0.05) is 18.2 Å². The standard InChI is InChI=1S/C15H16N2O2/c1-11(15(18)19-2)12-6-5-7-13(10-12)17-14-8-3-4-9-16-14/h3-11H,1-2H3,(H,16,17)/t11-/m1/s1. The largest absolute Gasteiger partial charge is 0.469 e. The molecule has 0 aliphatic carbocycles. The van der Waals surface area contributed by atoms with E-state index < -0.39 is 0 Å². The normalized spacial score (nSPS) is 11.7. The Morgan fingerprint density at radius 3 is 2.79 bits per heavy atom. The quantitative estimate of drug-likeness (QED) is 0.854. The minimum atomic E-state index is -0.282. The van der Waals surface area contributed by atoms with Crippen molar-refractivity contribution in [3.8, 4) is 0 Å². The van der Waals surface area contributed by atoms with Crippen molar-refractivity contribution >= 4 is 17.5 Å². The summed E-state index contributed by atoms with van der Waals surface area (Å²) in [6.07, 6.45) is 1.73. The average molecular weight is 256 g/mol. The van der Waals surface area contributed by atoms with E-state index in [-0.39, 0.29) is 11.9 Å². The zero-order valence-corrected chi connectivity index (χ0v) is 11.0. The van der Waals surface area contributed by atoms with E-state index in [0.717, 1.165) is 17.1 Å². The minimum absolute atomic E-state index is 0.241. The Balaban J connectivity index is 2.18. The van der Waals surface area contributed by atoms with Crippen LogP contribution in [0, 0.1) is 0 Å². The van der Waals surface area contributed by atoms with Crippen LogP contribution in [0.1, 0.15) is 18.4 Å². The molecule has 0 saturated carbocycles. The van der Waals surface area contributed by atoms with Gasteiger partial charge in [-0.15, -0.1) is 0 Å². The predicted octanol–water partition coefficient (Wildman–Crippen LogP) is 3.10. The van der Waals surface area contributed by atoms with Crippen LogP contribution in [0.15, 0.2) is 48.7 Å². The Morgan fingerprint density at radius 1 is 1.26 bits per heavy atom. The van der Waals surface area contributed by atoms with Crippen molar-refractivity contribution in [2.24, 2.45) is 0 Å². The van der Waals surface area contributed by atoms with Gasteiger partial charge in [0.1, 0.15) is 5.82 Å². The number of hydrogen-bond donors (Lipinski definition) is 1. The number of methoxy groups -OCH3 is 1. The topological polar surface area (TPSA) is 51.2 Å². The highest BCUT2D eigenvalue weighted by molar-refractivity contribution is 5.78. The first-order valence-corrected chi connectivity index (χ1v) is 6.06. The number of hydrogen-bond acceptors (Lipinski definition) is 4. The van der Waals surface area contributed by atoms with Gasteiger partial charge in [0.25, 0.3) is 0 Å². The van der Waals surface area contributed by atoms with Crippen molar-refractivity contribution in [1.82, 2.24) is 4.98 Å². The lowest BCUT2D eigenvalue weighted by molar-refractivity contribution is -0.141. The molecule has 1 heterocycles. The van der Waals surface area contributed by atoms with E-state index in [9.17, 15) is 4.79 Å². The number of carbonyl (C=O) groups is 1. The SMILES string of the molecule is COC(=O)[C@H](C)c1cccc(Nc2ccccn2)c1. The Bertz CT molecular complexity index is 555. The van der Waals surface area contributed by atoms with E-state index in [2.05, 4.69) is 10.3 Å². The summed E-state index contributed by atoms with van der Waals surface area (Å²) in [6.45, 7) is 1.83. The summed E-state index contributed by atoms with van der Waals surface area (Å²) in [4.78, 5) is 15.7. The molecule has 0 saturated heterocycles. The van der Waals surface area contributed by atoms with Crippen molar-refractivity contribution in [2.45, 2.75) is 12.8 Å². The van der Waals surface area contributed by atoms with Crippen LogP contribution < -0.4 is 5.32 Å². The van der Waals surface area contributed by atoms with Crippen LogP contribution in [0.4, 0.5) is 11.5 Å². The van der Waals surface area contributed by atoms with E-state index in [1.54, 1.807) is 6.20 Å². The Kier molecular flexibility index (Phi) is 4.13. The maximum atomic E-state index is 11.5. The van der Waals surface area contributed by atoms with Crippen molar-refractivity contribution in [3.63, 3.8) is 0 Å². The zero-order chi connectivity index (χ0) is 13.7. The summed E-state index contributed by atoms with van der Waals surface area (Å²) in [5.74, 6) is 0.246. The fraction of sp³-hybridized carbons (Fsp3) is 0.200. The first-order valence-electron chi connectivity index (χ1n) is 6.06. The molecule has 98 valence electrons. The number of nitrogens with zero attached hydrogens (tertiary/aromatic N) is 1. The first kappa shape index (κ1) is 13.1. The molecule has 0 spiro atoms. The molecule has 0 bridgehead atoms. The van der Waals surface area contributed by atoms with Crippen LogP contribution in [-0.2, 0) is 9.53 Å². The number of benzene rings is 1. The Morgan fingerprint density at radius 2 is 2.11 bits per heavy atom. The molecule has 0 radical (unpaired) electrons. The summed E-state index contributed by atoms with van der Waals surface area (Å²) >= 11 is 0. The molecule has 2 aromatic rings. The summed E-state index contributed by atoms with van der Waals surface area (Å²) in [7, 11) is 1.40. The van der Waals surface area contributed by atoms with Crippen LogP contribution in [0.5, 0.6) is 0 Å². The third-order valence-electron chi connectivity index (χ3n) is 2.88. The molecule has 4 heteroatoms. The Labute approximate surface area is 112 Å². The van der Waals surface area contributed by atoms with Crippen molar-refractivity contribution in [1.29, 1.82) is 0 Å². The van der Waals surface area contributed by atoms with Gasteiger partial charge in [-0.05, 0) is 36.8 Å². The molecular weight excluding hydrogens is 240 g/mol. The van der Waals surface area contributed by atoms with E-state index in [1.165, 1.54) is 7.11 Å². The zero-order valence-electron chi connectivity index (χ0n) is 11.0.